The Morgan fingerprint density at radius 3 is 2.32 bits per heavy atom. The quantitative estimate of drug-likeness (QED) is 0.251. The predicted octanol–water partition coefficient (Wildman–Crippen LogP) is 6.40. The van der Waals surface area contributed by atoms with E-state index in [9.17, 15) is 22.8 Å². The van der Waals surface area contributed by atoms with Crippen LogP contribution in [0.4, 0.5) is 13.2 Å². The van der Waals surface area contributed by atoms with E-state index in [4.69, 9.17) is 11.6 Å². The number of carbonyl (C=O) groups excluding carboxylic acids is 2. The molecule has 0 aromatic heterocycles. The van der Waals surface area contributed by atoms with E-state index in [2.05, 4.69) is 28.0 Å². The highest BCUT2D eigenvalue weighted by atomic mass is 35.5. The zero-order valence-electron chi connectivity index (χ0n) is 26.4. The molecule has 2 aliphatic carbocycles. The molecule has 1 aromatic rings. The van der Waals surface area contributed by atoms with Gasteiger partial charge in [-0.15, -0.1) is 0 Å². The second-order valence-corrected chi connectivity index (χ2v) is 11.8. The number of hydrogen-bond donors (Lipinski definition) is 3. The number of nitrogens with zero attached hydrogens (tertiary/aromatic N) is 2. The lowest BCUT2D eigenvalue weighted by Crippen LogP contribution is -2.44. The van der Waals surface area contributed by atoms with Crippen LogP contribution in [0.2, 0.25) is 5.02 Å². The lowest BCUT2D eigenvalue weighted by atomic mass is 9.92. The highest BCUT2D eigenvalue weighted by Crippen LogP contribution is 2.42. The van der Waals surface area contributed by atoms with Crippen LogP contribution in [0.25, 0.3) is 5.57 Å². The van der Waals surface area contributed by atoms with Gasteiger partial charge in [-0.1, -0.05) is 62.9 Å². The minimum Gasteiger partial charge on any atom is -0.340 e. The van der Waals surface area contributed by atoms with Gasteiger partial charge in [-0.2, -0.15) is 13.2 Å². The molecule has 4 aliphatic rings. The van der Waals surface area contributed by atoms with E-state index in [1.807, 2.05) is 53.7 Å². The first kappa shape index (κ1) is 37.4. The molecule has 5 rings (SSSR count). The monoisotopic (exact) mass is 653 g/mol. The third-order valence-corrected chi connectivity index (χ3v) is 7.35. The number of thioether (sulfide) groups is 1. The first-order valence-electron chi connectivity index (χ1n) is 14.8. The van der Waals surface area contributed by atoms with Gasteiger partial charge in [0, 0.05) is 34.0 Å². The summed E-state index contributed by atoms with van der Waals surface area (Å²) in [6.45, 7) is 8.00. The number of rotatable bonds is 5. The van der Waals surface area contributed by atoms with Crippen molar-refractivity contribution in [2.45, 2.75) is 70.4 Å². The number of aldehydes is 1. The summed E-state index contributed by atoms with van der Waals surface area (Å²) in [6.07, 6.45) is 3.15. The molecule has 2 unspecified atom stereocenters. The lowest BCUT2D eigenvalue weighted by Gasteiger charge is -2.28. The summed E-state index contributed by atoms with van der Waals surface area (Å²) in [6, 6.07) is 2.99. The Labute approximate surface area is 268 Å². The molecular formula is C32H43ClF3N5O2S. The maximum Gasteiger partial charge on any atom is 0.416 e. The molecule has 1 aromatic carbocycles. The van der Waals surface area contributed by atoms with Gasteiger partial charge in [0.15, 0.2) is 0 Å². The minimum atomic E-state index is -4.59. The smallest absolute Gasteiger partial charge is 0.340 e. The third kappa shape index (κ3) is 11.3. The maximum absolute atomic E-state index is 13.5. The van der Waals surface area contributed by atoms with Crippen LogP contribution in [0.5, 0.6) is 0 Å². The molecule has 0 spiro atoms. The van der Waals surface area contributed by atoms with Crippen LogP contribution in [0, 0.1) is 17.8 Å². The molecule has 44 heavy (non-hydrogen) atoms. The number of alkyl halides is 3. The van der Waals surface area contributed by atoms with Crippen molar-refractivity contribution in [3.8, 4) is 11.8 Å². The summed E-state index contributed by atoms with van der Waals surface area (Å²) in [5, 5.41) is 2.73. The molecule has 1 saturated heterocycles. The fourth-order valence-corrected chi connectivity index (χ4v) is 4.95. The summed E-state index contributed by atoms with van der Waals surface area (Å²) < 4.78 is 40.4. The van der Waals surface area contributed by atoms with E-state index in [1.54, 1.807) is 11.0 Å². The van der Waals surface area contributed by atoms with E-state index in [0.29, 0.717) is 17.9 Å². The molecule has 242 valence electrons. The molecule has 0 bridgehead atoms. The highest BCUT2D eigenvalue weighted by Gasteiger charge is 2.34. The van der Waals surface area contributed by atoms with Gasteiger partial charge >= 0.3 is 6.18 Å². The number of amides is 1. The van der Waals surface area contributed by atoms with Crippen molar-refractivity contribution in [2.24, 2.45) is 5.92 Å². The molecule has 3 N–H and O–H groups in total. The van der Waals surface area contributed by atoms with E-state index in [-0.39, 0.29) is 33.7 Å². The summed E-state index contributed by atoms with van der Waals surface area (Å²) in [5.41, 5.74) is 6.82. The molecule has 2 atom stereocenters. The van der Waals surface area contributed by atoms with Crippen LogP contribution in [0.1, 0.15) is 64.5 Å². The van der Waals surface area contributed by atoms with Gasteiger partial charge < -0.3 is 19.9 Å². The average molecular weight is 654 g/mol. The number of allylic oxidation sites excluding steroid dienone is 2. The summed E-state index contributed by atoms with van der Waals surface area (Å²) in [7, 11) is 6.00. The number of halogens is 4. The number of hydrazine groups is 1. The molecule has 2 saturated carbocycles. The largest absolute Gasteiger partial charge is 0.416 e. The van der Waals surface area contributed by atoms with Crippen LogP contribution in [0.15, 0.2) is 47.3 Å². The van der Waals surface area contributed by atoms with Crippen LogP contribution in [-0.2, 0) is 15.8 Å². The second-order valence-electron chi connectivity index (χ2n) is 10.2. The number of hydrogen-bond acceptors (Lipinski definition) is 7. The topological polar surface area (TPSA) is 76.7 Å². The Kier molecular flexibility index (Phi) is 15.0. The summed E-state index contributed by atoms with van der Waals surface area (Å²) >= 11 is 7.72. The Hall–Kier alpha value is -2.75. The van der Waals surface area contributed by atoms with Gasteiger partial charge in [0.1, 0.15) is 17.2 Å². The molecule has 2 heterocycles. The molecule has 2 aliphatic heterocycles. The maximum atomic E-state index is 13.5. The standard InChI is InChI=1S/C25H22ClF3N4O2S.C3H9N.2C2H6/c26-20-7-6-16(25(27,28)29)11-17(20)19-13-33(9-10-34)21(15-4-5-15)12-18(19)23(35)30-24-32-31-22(36-24)8-3-14-1-2-14;1-4(2)3;2*1-2/h6-7,10-14,22,24,31-32H,1-2,4-5,9H2,(H,30,35);1-3H3;2*1-2H3. The fraction of sp³-hybridized carbons (Fsp3) is 0.500. The van der Waals surface area contributed by atoms with Gasteiger partial charge in [0.05, 0.1) is 17.7 Å². The van der Waals surface area contributed by atoms with Crippen molar-refractivity contribution in [3.63, 3.8) is 0 Å². The van der Waals surface area contributed by atoms with Gasteiger partial charge in [-0.3, -0.25) is 4.79 Å². The molecule has 0 radical (unpaired) electrons. The van der Waals surface area contributed by atoms with E-state index in [0.717, 1.165) is 49.5 Å². The minimum absolute atomic E-state index is 0.00436. The van der Waals surface area contributed by atoms with Crippen molar-refractivity contribution < 1.29 is 22.8 Å². The highest BCUT2D eigenvalue weighted by molar-refractivity contribution is 8.00. The van der Waals surface area contributed by atoms with Crippen LogP contribution < -0.4 is 16.2 Å². The first-order chi connectivity index (χ1) is 21.0. The Morgan fingerprint density at radius 1 is 1.14 bits per heavy atom. The van der Waals surface area contributed by atoms with Crippen molar-refractivity contribution in [2.75, 3.05) is 27.7 Å². The van der Waals surface area contributed by atoms with Crippen LogP contribution in [-0.4, -0.2) is 60.6 Å². The average Bonchev–Trinajstić information content (AvgIpc) is 3.93. The second kappa shape index (κ2) is 17.7. The Bertz CT molecular complexity index is 1300. The zero-order valence-corrected chi connectivity index (χ0v) is 27.9. The van der Waals surface area contributed by atoms with Crippen molar-refractivity contribution in [1.82, 2.24) is 26.0 Å². The van der Waals surface area contributed by atoms with E-state index >= 15 is 0 Å². The van der Waals surface area contributed by atoms with Gasteiger partial charge in [0.2, 0.25) is 0 Å². The third-order valence-electron chi connectivity index (χ3n) is 6.00. The van der Waals surface area contributed by atoms with E-state index < -0.39 is 23.1 Å². The van der Waals surface area contributed by atoms with Gasteiger partial charge in [-0.25, -0.2) is 10.9 Å². The lowest BCUT2D eigenvalue weighted by molar-refractivity contribution is -0.137. The summed E-state index contributed by atoms with van der Waals surface area (Å²) in [4.78, 5) is 28.4. The van der Waals surface area contributed by atoms with Crippen molar-refractivity contribution >= 4 is 41.1 Å². The molecular weight excluding hydrogens is 611 g/mol. The first-order valence-corrected chi connectivity index (χ1v) is 16.1. The molecule has 1 amide bonds. The van der Waals surface area contributed by atoms with Crippen LogP contribution >= 0.6 is 23.4 Å². The zero-order chi connectivity index (χ0) is 33.0. The van der Waals surface area contributed by atoms with Gasteiger partial charge in [-0.05, 0) is 76.7 Å². The fourth-order valence-electron chi connectivity index (χ4n) is 3.87. The number of nitrogens with one attached hydrogen (secondary N) is 3. The normalized spacial score (nSPS) is 20.3. The Balaban J connectivity index is 0.000000768. The summed E-state index contributed by atoms with van der Waals surface area (Å²) in [5.74, 6) is 6.27. The molecule has 3 fully saturated rings. The number of benzene rings is 1. The van der Waals surface area contributed by atoms with Crippen molar-refractivity contribution in [3.05, 3.63) is 63.5 Å². The number of carbonyl (C=O) groups is 2. The van der Waals surface area contributed by atoms with Crippen LogP contribution in [0.3, 0.4) is 0 Å². The molecule has 12 heteroatoms. The van der Waals surface area contributed by atoms with E-state index in [1.165, 1.54) is 18.0 Å². The van der Waals surface area contributed by atoms with Crippen molar-refractivity contribution in [1.29, 1.82) is 0 Å². The SMILES string of the molecule is CC.CC.CN(C)C.O=CCN1C=C(c2cc(C(F)(F)F)ccc2Cl)C(C(=O)NC2NNC(C#CC3CC3)S2)=CC1=C1CC1. The Morgan fingerprint density at radius 2 is 1.77 bits per heavy atom. The van der Waals surface area contributed by atoms with Gasteiger partial charge in [0.25, 0.3) is 5.91 Å². The molecule has 7 nitrogen and oxygen atoms in total. The predicted molar refractivity (Wildman–Crippen MR) is 174 cm³/mol.